The third-order valence-electron chi connectivity index (χ3n) is 4.04. The molecule has 0 amide bonds. The highest BCUT2D eigenvalue weighted by Crippen LogP contribution is 2.36. The standard InChI is InChI=1S/C15H19F3N4O2/c1-13(2,9-7-10(15(16,17)18)20-8-19-9)5-6-14(3,4)11-21-22-12(23)24-11/h7-8H,5-6H2,1-4H3,(H,22,23). The van der Waals surface area contributed by atoms with Gasteiger partial charge in [-0.1, -0.05) is 27.7 Å². The summed E-state index contributed by atoms with van der Waals surface area (Å²) in [6.07, 6.45) is -2.52. The van der Waals surface area contributed by atoms with Crippen LogP contribution in [0.4, 0.5) is 13.2 Å². The summed E-state index contributed by atoms with van der Waals surface area (Å²) in [4.78, 5) is 18.4. The Bertz CT molecular complexity index is 762. The molecule has 0 radical (unpaired) electrons. The van der Waals surface area contributed by atoms with Crippen LogP contribution in [0.3, 0.4) is 0 Å². The number of halogens is 3. The van der Waals surface area contributed by atoms with Gasteiger partial charge < -0.3 is 4.42 Å². The number of aromatic nitrogens is 4. The lowest BCUT2D eigenvalue weighted by atomic mass is 9.77. The van der Waals surface area contributed by atoms with Crippen molar-refractivity contribution in [3.63, 3.8) is 0 Å². The van der Waals surface area contributed by atoms with Crippen LogP contribution in [0.1, 0.15) is 57.8 Å². The Morgan fingerprint density at radius 2 is 1.62 bits per heavy atom. The average Bonchev–Trinajstić information content (AvgIpc) is 2.92. The number of nitrogens with zero attached hydrogens (tertiary/aromatic N) is 3. The van der Waals surface area contributed by atoms with E-state index >= 15 is 0 Å². The van der Waals surface area contributed by atoms with Crippen LogP contribution in [0.2, 0.25) is 0 Å². The van der Waals surface area contributed by atoms with Gasteiger partial charge in [0.1, 0.15) is 12.0 Å². The maximum atomic E-state index is 12.8. The van der Waals surface area contributed by atoms with E-state index in [2.05, 4.69) is 20.2 Å². The van der Waals surface area contributed by atoms with Crippen LogP contribution in [-0.4, -0.2) is 20.2 Å². The van der Waals surface area contributed by atoms with E-state index in [1.165, 1.54) is 0 Å². The summed E-state index contributed by atoms with van der Waals surface area (Å²) in [5.74, 6) is -0.370. The Balaban J connectivity index is 2.18. The molecule has 0 aliphatic heterocycles. The Morgan fingerprint density at radius 3 is 2.17 bits per heavy atom. The Hall–Kier alpha value is -2.19. The largest absolute Gasteiger partial charge is 0.434 e. The Morgan fingerprint density at radius 1 is 1.04 bits per heavy atom. The average molecular weight is 344 g/mol. The molecule has 0 saturated carbocycles. The zero-order chi connectivity index (χ0) is 18.2. The van der Waals surface area contributed by atoms with Gasteiger partial charge in [-0.05, 0) is 18.9 Å². The number of hydrogen-bond donors (Lipinski definition) is 1. The van der Waals surface area contributed by atoms with E-state index < -0.39 is 28.5 Å². The number of H-pyrrole nitrogens is 1. The second-order valence-corrected chi connectivity index (χ2v) is 6.97. The van der Waals surface area contributed by atoms with E-state index in [9.17, 15) is 18.0 Å². The van der Waals surface area contributed by atoms with Crippen LogP contribution in [0.5, 0.6) is 0 Å². The van der Waals surface area contributed by atoms with Crippen LogP contribution < -0.4 is 5.76 Å². The molecule has 2 aromatic heterocycles. The molecule has 2 rings (SSSR count). The van der Waals surface area contributed by atoms with Gasteiger partial charge >= 0.3 is 11.9 Å². The van der Waals surface area contributed by atoms with Crippen molar-refractivity contribution in [2.75, 3.05) is 0 Å². The van der Waals surface area contributed by atoms with E-state index in [1.54, 1.807) is 0 Å². The number of hydrogen-bond acceptors (Lipinski definition) is 5. The number of aromatic amines is 1. The van der Waals surface area contributed by atoms with Crippen molar-refractivity contribution < 1.29 is 17.6 Å². The minimum atomic E-state index is -4.51. The van der Waals surface area contributed by atoms with E-state index in [0.29, 0.717) is 18.5 Å². The van der Waals surface area contributed by atoms with Gasteiger partial charge in [-0.25, -0.2) is 19.9 Å². The van der Waals surface area contributed by atoms with Crippen molar-refractivity contribution in [2.45, 2.75) is 57.5 Å². The summed E-state index contributed by atoms with van der Waals surface area (Å²) < 4.78 is 43.4. The molecule has 6 nitrogen and oxygen atoms in total. The molecule has 0 aromatic carbocycles. The van der Waals surface area contributed by atoms with Gasteiger partial charge in [0.25, 0.3) is 0 Å². The lowest BCUT2D eigenvalue weighted by Crippen LogP contribution is -2.26. The first-order valence-corrected chi connectivity index (χ1v) is 7.37. The predicted molar refractivity (Wildman–Crippen MR) is 79.4 cm³/mol. The summed E-state index contributed by atoms with van der Waals surface area (Å²) in [6.45, 7) is 7.32. The third kappa shape index (κ3) is 4.01. The monoisotopic (exact) mass is 344 g/mol. The Kier molecular flexibility index (Phi) is 4.56. The van der Waals surface area contributed by atoms with E-state index in [4.69, 9.17) is 4.42 Å². The first kappa shape index (κ1) is 18.2. The molecule has 0 aliphatic rings. The molecule has 0 unspecified atom stereocenters. The van der Waals surface area contributed by atoms with E-state index in [-0.39, 0.29) is 5.89 Å². The lowest BCUT2D eigenvalue weighted by Gasteiger charge is -2.29. The zero-order valence-corrected chi connectivity index (χ0v) is 13.9. The number of nitrogens with one attached hydrogen (secondary N) is 1. The van der Waals surface area contributed by atoms with Crippen molar-refractivity contribution in [1.29, 1.82) is 0 Å². The highest BCUT2D eigenvalue weighted by molar-refractivity contribution is 5.19. The van der Waals surface area contributed by atoms with Gasteiger partial charge in [-0.2, -0.15) is 13.2 Å². The van der Waals surface area contributed by atoms with Crippen LogP contribution in [0.15, 0.2) is 21.6 Å². The minimum absolute atomic E-state index is 0.266. The van der Waals surface area contributed by atoms with Crippen molar-refractivity contribution in [3.05, 3.63) is 40.2 Å². The SMILES string of the molecule is CC(C)(CCC(C)(C)c1n[nH]c(=O)o1)c1cc(C(F)(F)F)ncn1. The first-order valence-electron chi connectivity index (χ1n) is 7.37. The maximum Gasteiger partial charge on any atom is 0.434 e. The fraction of sp³-hybridized carbons (Fsp3) is 0.600. The summed E-state index contributed by atoms with van der Waals surface area (Å²) in [6, 6.07) is 0.974. The van der Waals surface area contributed by atoms with Crippen molar-refractivity contribution >= 4 is 0 Å². The molecule has 24 heavy (non-hydrogen) atoms. The molecule has 0 saturated heterocycles. The molecule has 0 bridgehead atoms. The van der Waals surface area contributed by atoms with Crippen molar-refractivity contribution in [2.24, 2.45) is 0 Å². The summed E-state index contributed by atoms with van der Waals surface area (Å²) >= 11 is 0. The molecule has 0 fully saturated rings. The fourth-order valence-corrected chi connectivity index (χ4v) is 2.26. The third-order valence-corrected chi connectivity index (χ3v) is 4.04. The summed E-state index contributed by atoms with van der Waals surface area (Å²) in [5.41, 5.74) is -1.81. The molecule has 2 heterocycles. The quantitative estimate of drug-likeness (QED) is 0.900. The van der Waals surface area contributed by atoms with Crippen LogP contribution >= 0.6 is 0 Å². The van der Waals surface area contributed by atoms with Gasteiger partial charge in [-0.3, -0.25) is 0 Å². The molecular formula is C15H19F3N4O2. The number of rotatable bonds is 5. The molecule has 132 valence electrons. The van der Waals surface area contributed by atoms with Gasteiger partial charge in [0, 0.05) is 16.5 Å². The van der Waals surface area contributed by atoms with Gasteiger partial charge in [0.2, 0.25) is 5.89 Å². The Labute approximate surface area is 136 Å². The highest BCUT2D eigenvalue weighted by atomic mass is 19.4. The van der Waals surface area contributed by atoms with E-state index in [1.807, 2.05) is 27.7 Å². The minimum Gasteiger partial charge on any atom is -0.392 e. The van der Waals surface area contributed by atoms with E-state index in [0.717, 1.165) is 12.4 Å². The number of alkyl halides is 3. The van der Waals surface area contributed by atoms with Gasteiger partial charge in [0.05, 0.1) is 0 Å². The zero-order valence-electron chi connectivity index (χ0n) is 13.9. The van der Waals surface area contributed by atoms with Gasteiger partial charge in [0.15, 0.2) is 0 Å². The molecule has 0 aliphatic carbocycles. The second-order valence-electron chi connectivity index (χ2n) is 6.97. The lowest BCUT2D eigenvalue weighted by molar-refractivity contribution is -0.141. The second kappa shape index (κ2) is 6.03. The predicted octanol–water partition coefficient (Wildman–Crippen LogP) is 3.21. The molecular weight excluding hydrogens is 325 g/mol. The molecule has 0 spiro atoms. The van der Waals surface area contributed by atoms with Gasteiger partial charge in [-0.15, -0.1) is 5.10 Å². The first-order chi connectivity index (χ1) is 10.9. The molecule has 2 aromatic rings. The normalized spacial score (nSPS) is 13.3. The molecule has 1 N–H and O–H groups in total. The van der Waals surface area contributed by atoms with Crippen LogP contribution in [0.25, 0.3) is 0 Å². The summed E-state index contributed by atoms with van der Waals surface area (Å²) in [5, 5.41) is 6.04. The van der Waals surface area contributed by atoms with Crippen LogP contribution in [0, 0.1) is 0 Å². The van der Waals surface area contributed by atoms with Crippen molar-refractivity contribution in [1.82, 2.24) is 20.2 Å². The fourth-order valence-electron chi connectivity index (χ4n) is 2.26. The molecule has 0 atom stereocenters. The summed E-state index contributed by atoms with van der Waals surface area (Å²) in [7, 11) is 0. The van der Waals surface area contributed by atoms with Crippen molar-refractivity contribution in [3.8, 4) is 0 Å². The smallest absolute Gasteiger partial charge is 0.392 e. The van der Waals surface area contributed by atoms with Crippen LogP contribution in [-0.2, 0) is 17.0 Å². The topological polar surface area (TPSA) is 84.7 Å². The molecule has 9 heteroatoms. The maximum absolute atomic E-state index is 12.8. The highest BCUT2D eigenvalue weighted by Gasteiger charge is 2.36.